The maximum atomic E-state index is 14.1. The number of alkyl halides is 3. The summed E-state index contributed by atoms with van der Waals surface area (Å²) in [4.78, 5) is 15.8. The van der Waals surface area contributed by atoms with Gasteiger partial charge in [-0.2, -0.15) is 13.2 Å². The molecule has 3 aliphatic rings. The van der Waals surface area contributed by atoms with E-state index in [0.717, 1.165) is 50.5 Å². The van der Waals surface area contributed by atoms with Gasteiger partial charge in [-0.15, -0.1) is 6.58 Å². The van der Waals surface area contributed by atoms with Gasteiger partial charge in [0.15, 0.2) is 0 Å². The van der Waals surface area contributed by atoms with Crippen molar-refractivity contribution < 1.29 is 22.7 Å². The van der Waals surface area contributed by atoms with E-state index in [1.165, 1.54) is 6.07 Å². The van der Waals surface area contributed by atoms with E-state index >= 15 is 0 Å². The molecule has 182 valence electrons. The monoisotopic (exact) mass is 464 g/mol. The topological polar surface area (TPSA) is 41.6 Å². The lowest BCUT2D eigenvalue weighted by Crippen LogP contribution is -2.52. The number of carbonyl (C=O) groups excluding carboxylic acids is 1. The Hall–Kier alpha value is -1.86. The number of allylic oxidation sites excluding steroid dienone is 1. The quantitative estimate of drug-likeness (QED) is 0.616. The third-order valence-electron chi connectivity index (χ3n) is 8.19. The first kappa shape index (κ1) is 24.3. The molecule has 2 atom stereocenters. The molecule has 0 unspecified atom stereocenters. The van der Waals surface area contributed by atoms with Crippen molar-refractivity contribution in [3.05, 3.63) is 47.5 Å². The standard InChI is InChI=1S/C26H35F3N2O2/c1-4-24(2,3)25(11-7-22(16-25)30-21-9-13-33-14-10-21)23(32)31-12-8-18-5-6-20(26(27,28)29)15-19(18)17-31/h4-6,15,21-22,30H,1,7-14,16-17H2,2-3H3/t22-,25-/m1/s1. The Kier molecular flexibility index (Phi) is 6.67. The summed E-state index contributed by atoms with van der Waals surface area (Å²) < 4.78 is 45.2. The van der Waals surface area contributed by atoms with Crippen LogP contribution in [0.5, 0.6) is 0 Å². The maximum absolute atomic E-state index is 14.1. The molecule has 1 N–H and O–H groups in total. The Balaban J connectivity index is 1.55. The molecule has 7 heteroatoms. The molecule has 4 rings (SSSR count). The fourth-order valence-corrected chi connectivity index (χ4v) is 5.85. The molecule has 4 nitrogen and oxygen atoms in total. The number of fused-ring (bicyclic) bond motifs is 1. The van der Waals surface area contributed by atoms with E-state index in [4.69, 9.17) is 4.74 Å². The lowest BCUT2D eigenvalue weighted by atomic mass is 9.63. The maximum Gasteiger partial charge on any atom is 0.416 e. The van der Waals surface area contributed by atoms with Crippen LogP contribution in [0.3, 0.4) is 0 Å². The van der Waals surface area contributed by atoms with Crippen LogP contribution in [0.4, 0.5) is 13.2 Å². The van der Waals surface area contributed by atoms with Gasteiger partial charge in [-0.1, -0.05) is 26.0 Å². The zero-order chi connectivity index (χ0) is 23.9. The fourth-order valence-electron chi connectivity index (χ4n) is 5.85. The molecule has 1 aliphatic carbocycles. The summed E-state index contributed by atoms with van der Waals surface area (Å²) in [6.07, 6.45) is 2.39. The first-order chi connectivity index (χ1) is 15.6. The van der Waals surface area contributed by atoms with E-state index in [2.05, 4.69) is 25.7 Å². The van der Waals surface area contributed by atoms with Crippen molar-refractivity contribution in [2.45, 2.75) is 77.2 Å². The van der Waals surface area contributed by atoms with Crippen LogP contribution in [0.15, 0.2) is 30.9 Å². The van der Waals surface area contributed by atoms with Gasteiger partial charge in [0.1, 0.15) is 0 Å². The van der Waals surface area contributed by atoms with Crippen molar-refractivity contribution in [2.24, 2.45) is 10.8 Å². The van der Waals surface area contributed by atoms with Gasteiger partial charge in [-0.25, -0.2) is 0 Å². The zero-order valence-electron chi connectivity index (χ0n) is 19.6. The van der Waals surface area contributed by atoms with Crippen LogP contribution in [0.1, 0.15) is 62.6 Å². The number of nitrogens with zero attached hydrogens (tertiary/aromatic N) is 1. The average molecular weight is 465 g/mol. The van der Waals surface area contributed by atoms with E-state index in [-0.39, 0.29) is 18.5 Å². The Morgan fingerprint density at radius 2 is 1.91 bits per heavy atom. The van der Waals surface area contributed by atoms with Crippen molar-refractivity contribution in [1.29, 1.82) is 0 Å². The minimum atomic E-state index is -4.39. The number of nitrogens with one attached hydrogen (secondary N) is 1. The van der Waals surface area contributed by atoms with E-state index in [9.17, 15) is 18.0 Å². The highest BCUT2D eigenvalue weighted by Gasteiger charge is 2.55. The van der Waals surface area contributed by atoms with E-state index in [1.54, 1.807) is 11.0 Å². The summed E-state index contributed by atoms with van der Waals surface area (Å²) in [6, 6.07) is 4.56. The van der Waals surface area contributed by atoms with Gasteiger partial charge < -0.3 is 15.0 Å². The zero-order valence-corrected chi connectivity index (χ0v) is 19.6. The van der Waals surface area contributed by atoms with Crippen LogP contribution < -0.4 is 5.32 Å². The summed E-state index contributed by atoms with van der Waals surface area (Å²) in [5.41, 5.74) is -0.195. The normalized spacial score (nSPS) is 26.8. The first-order valence-corrected chi connectivity index (χ1v) is 12.0. The molecule has 1 saturated carbocycles. The molecule has 0 radical (unpaired) electrons. The van der Waals surface area contributed by atoms with Gasteiger partial charge in [0, 0.05) is 38.4 Å². The number of amides is 1. The van der Waals surface area contributed by atoms with Crippen LogP contribution in [-0.2, 0) is 28.7 Å². The molecule has 1 aromatic rings. The smallest absolute Gasteiger partial charge is 0.381 e. The van der Waals surface area contributed by atoms with Crippen LogP contribution in [0.25, 0.3) is 0 Å². The van der Waals surface area contributed by atoms with Crippen molar-refractivity contribution >= 4 is 5.91 Å². The van der Waals surface area contributed by atoms with Crippen molar-refractivity contribution in [2.75, 3.05) is 19.8 Å². The van der Waals surface area contributed by atoms with E-state index in [0.29, 0.717) is 31.0 Å². The summed E-state index contributed by atoms with van der Waals surface area (Å²) in [6.45, 7) is 10.4. The Bertz CT molecular complexity index is 892. The average Bonchev–Trinajstić information content (AvgIpc) is 3.23. The number of hydrogen-bond donors (Lipinski definition) is 1. The number of halogens is 3. The van der Waals surface area contributed by atoms with E-state index < -0.39 is 22.6 Å². The number of carbonyl (C=O) groups is 1. The van der Waals surface area contributed by atoms with Crippen LogP contribution in [0, 0.1) is 10.8 Å². The first-order valence-electron chi connectivity index (χ1n) is 12.0. The Morgan fingerprint density at radius 3 is 2.58 bits per heavy atom. The predicted octanol–water partition coefficient (Wildman–Crippen LogP) is 5.11. The summed E-state index contributed by atoms with van der Waals surface area (Å²) >= 11 is 0. The molecule has 0 aromatic heterocycles. The minimum absolute atomic E-state index is 0.0479. The van der Waals surface area contributed by atoms with Crippen molar-refractivity contribution in [3.8, 4) is 0 Å². The molecule has 0 bridgehead atoms. The van der Waals surface area contributed by atoms with Crippen LogP contribution >= 0.6 is 0 Å². The Labute approximate surface area is 194 Å². The second-order valence-corrected chi connectivity index (χ2v) is 10.5. The largest absolute Gasteiger partial charge is 0.416 e. The Morgan fingerprint density at radius 1 is 1.18 bits per heavy atom. The molecule has 2 fully saturated rings. The fraction of sp³-hybridized carbons (Fsp3) is 0.654. The van der Waals surface area contributed by atoms with E-state index in [1.807, 2.05) is 6.08 Å². The van der Waals surface area contributed by atoms with Gasteiger partial charge in [0.2, 0.25) is 5.91 Å². The number of benzene rings is 1. The summed E-state index contributed by atoms with van der Waals surface area (Å²) in [5.74, 6) is 0.0479. The highest BCUT2D eigenvalue weighted by molar-refractivity contribution is 5.85. The third kappa shape index (κ3) is 4.72. The highest BCUT2D eigenvalue weighted by Crippen LogP contribution is 2.53. The third-order valence-corrected chi connectivity index (χ3v) is 8.19. The molecule has 2 heterocycles. The number of hydrogen-bond acceptors (Lipinski definition) is 3. The molecule has 2 aliphatic heterocycles. The second kappa shape index (κ2) is 9.06. The van der Waals surface area contributed by atoms with Crippen molar-refractivity contribution in [3.63, 3.8) is 0 Å². The molecular weight excluding hydrogens is 429 g/mol. The molecule has 1 saturated heterocycles. The molecule has 0 spiro atoms. The van der Waals surface area contributed by atoms with Gasteiger partial charge in [-0.3, -0.25) is 4.79 Å². The highest BCUT2D eigenvalue weighted by atomic mass is 19.4. The lowest BCUT2D eigenvalue weighted by molar-refractivity contribution is -0.148. The van der Waals surface area contributed by atoms with Crippen LogP contribution in [0.2, 0.25) is 0 Å². The predicted molar refractivity (Wildman–Crippen MR) is 122 cm³/mol. The number of ether oxygens (including phenoxy) is 1. The van der Waals surface area contributed by atoms with Gasteiger partial charge in [0.25, 0.3) is 0 Å². The van der Waals surface area contributed by atoms with Crippen molar-refractivity contribution in [1.82, 2.24) is 10.2 Å². The second-order valence-electron chi connectivity index (χ2n) is 10.5. The van der Waals surface area contributed by atoms with Gasteiger partial charge in [-0.05, 0) is 67.2 Å². The van der Waals surface area contributed by atoms with Gasteiger partial charge >= 0.3 is 6.18 Å². The SMILES string of the molecule is C=CC(C)(C)[C@]1(C(=O)N2CCc3ccc(C(F)(F)F)cc3C2)CC[C@@H](NC2CCOCC2)C1. The van der Waals surface area contributed by atoms with Gasteiger partial charge in [0.05, 0.1) is 11.0 Å². The minimum Gasteiger partial charge on any atom is -0.381 e. The van der Waals surface area contributed by atoms with Crippen LogP contribution in [-0.4, -0.2) is 42.6 Å². The number of rotatable bonds is 5. The molecule has 1 aromatic carbocycles. The summed E-state index contributed by atoms with van der Waals surface area (Å²) in [5, 5.41) is 3.76. The molecule has 1 amide bonds. The lowest BCUT2D eigenvalue weighted by Gasteiger charge is -2.45. The summed E-state index contributed by atoms with van der Waals surface area (Å²) in [7, 11) is 0. The molecular formula is C26H35F3N2O2. The molecule has 33 heavy (non-hydrogen) atoms.